The van der Waals surface area contributed by atoms with Crippen LogP contribution in [0, 0.1) is 28.7 Å². The molecule has 3 heterocycles. The van der Waals surface area contributed by atoms with Crippen molar-refractivity contribution in [2.45, 2.75) is 6.92 Å². The van der Waals surface area contributed by atoms with Crippen molar-refractivity contribution in [2.24, 2.45) is 0 Å². The van der Waals surface area contributed by atoms with E-state index in [1.165, 1.54) is 12.3 Å². The summed E-state index contributed by atoms with van der Waals surface area (Å²) in [5, 5.41) is 16.6. The molecule has 1 aromatic carbocycles. The van der Waals surface area contributed by atoms with E-state index in [0.717, 1.165) is 39.8 Å². The maximum absolute atomic E-state index is 15.1. The Morgan fingerprint density at radius 2 is 1.69 bits per heavy atom. The zero-order valence-electron chi connectivity index (χ0n) is 20.8. The molecule has 39 heavy (non-hydrogen) atoms. The Morgan fingerprint density at radius 1 is 1.03 bits per heavy atom. The number of furan rings is 1. The van der Waals surface area contributed by atoms with Gasteiger partial charge in [0.05, 0.1) is 37.8 Å². The molecular formula is C24H19F2N5O8. The molecule has 0 radical (unpaired) electrons. The Hall–Kier alpha value is -5.34. The maximum Gasteiger partial charge on any atom is 0.411 e. The Balaban J connectivity index is 1.89. The molecule has 4 aromatic rings. The first-order chi connectivity index (χ1) is 18.6. The van der Waals surface area contributed by atoms with Gasteiger partial charge in [-0.15, -0.1) is 0 Å². The van der Waals surface area contributed by atoms with Crippen molar-refractivity contribution in [3.8, 4) is 11.5 Å². The Morgan fingerprint density at radius 3 is 2.28 bits per heavy atom. The van der Waals surface area contributed by atoms with E-state index in [0.29, 0.717) is 5.56 Å². The number of nitrogens with one attached hydrogen (secondary N) is 2. The van der Waals surface area contributed by atoms with Gasteiger partial charge in [0, 0.05) is 12.3 Å². The first-order valence-electron chi connectivity index (χ1n) is 10.9. The van der Waals surface area contributed by atoms with Crippen molar-refractivity contribution in [2.75, 3.05) is 32.0 Å². The number of aryl methyl sites for hydroxylation is 1. The lowest BCUT2D eigenvalue weighted by Gasteiger charge is -2.12. The van der Waals surface area contributed by atoms with E-state index in [2.05, 4.69) is 25.3 Å². The summed E-state index contributed by atoms with van der Waals surface area (Å²) in [6.07, 6.45) is 2.58. The van der Waals surface area contributed by atoms with E-state index < -0.39 is 51.3 Å². The summed E-state index contributed by atoms with van der Waals surface area (Å²) in [4.78, 5) is 44.3. The fraction of sp³-hybridized carbons (Fsp3) is 0.167. The minimum atomic E-state index is -1.33. The maximum atomic E-state index is 15.1. The molecule has 1 amide bonds. The number of fused-ring (bicyclic) bond motifs is 1. The molecule has 0 aliphatic carbocycles. The summed E-state index contributed by atoms with van der Waals surface area (Å²) in [6.45, 7) is 1.59. The number of benzene rings is 1. The second-order valence-electron chi connectivity index (χ2n) is 7.83. The number of pyridine rings is 2. The number of halogens is 2. The number of methoxy groups -OCH3 is 3. The van der Waals surface area contributed by atoms with Gasteiger partial charge in [0.15, 0.2) is 34.5 Å². The highest BCUT2D eigenvalue weighted by atomic mass is 19.1. The lowest BCUT2D eigenvalue weighted by molar-refractivity contribution is -0.384. The average Bonchev–Trinajstić information content (AvgIpc) is 3.27. The van der Waals surface area contributed by atoms with Gasteiger partial charge in [-0.05, 0) is 18.6 Å². The van der Waals surface area contributed by atoms with E-state index >= 15 is 8.78 Å². The number of ether oxygens (including phenoxy) is 3. The fourth-order valence-corrected chi connectivity index (χ4v) is 3.69. The molecule has 2 N–H and O–H groups in total. The highest BCUT2D eigenvalue weighted by Crippen LogP contribution is 2.38. The lowest BCUT2D eigenvalue weighted by atomic mass is 10.0. The lowest BCUT2D eigenvalue weighted by Crippen LogP contribution is -2.15. The van der Waals surface area contributed by atoms with Crippen molar-refractivity contribution in [3.63, 3.8) is 0 Å². The third-order valence-electron chi connectivity index (χ3n) is 5.56. The second-order valence-corrected chi connectivity index (χ2v) is 7.83. The number of nitro groups is 1. The van der Waals surface area contributed by atoms with Crippen molar-refractivity contribution in [1.82, 2.24) is 9.97 Å². The molecule has 0 unspecified atom stereocenters. The third-order valence-corrected chi connectivity index (χ3v) is 5.56. The summed E-state index contributed by atoms with van der Waals surface area (Å²) in [7, 11) is 3.29. The number of anilines is 3. The van der Waals surface area contributed by atoms with Crippen LogP contribution < -0.4 is 20.1 Å². The molecule has 0 bridgehead atoms. The second kappa shape index (κ2) is 10.6. The topological polar surface area (TPSA) is 168 Å². The molecule has 0 spiro atoms. The van der Waals surface area contributed by atoms with Crippen molar-refractivity contribution in [1.29, 1.82) is 0 Å². The molecule has 15 heteroatoms. The summed E-state index contributed by atoms with van der Waals surface area (Å²) in [5.74, 6) is -5.51. The van der Waals surface area contributed by atoms with Crippen LogP contribution in [0.5, 0.6) is 11.5 Å². The van der Waals surface area contributed by atoms with Crippen LogP contribution in [-0.4, -0.2) is 48.1 Å². The number of hydrogen-bond acceptors (Lipinski definition) is 11. The Kier molecular flexibility index (Phi) is 7.24. The van der Waals surface area contributed by atoms with E-state index in [9.17, 15) is 19.7 Å². The monoisotopic (exact) mass is 543 g/mol. The van der Waals surface area contributed by atoms with E-state index in [-0.39, 0.29) is 33.8 Å². The van der Waals surface area contributed by atoms with Crippen molar-refractivity contribution >= 4 is 45.7 Å². The molecule has 202 valence electrons. The summed E-state index contributed by atoms with van der Waals surface area (Å²) in [6, 6.07) is 2.24. The van der Waals surface area contributed by atoms with Crippen molar-refractivity contribution in [3.05, 3.63) is 69.4 Å². The SMILES string of the molecule is COC(=O)Nc1c(C(=O)c2c(F)c(OC)cc(OC)c2F)oc2cnc(Nc3c(C)cncc3[N+](=O)[O-])cc12. The molecule has 0 aliphatic rings. The molecule has 0 saturated carbocycles. The van der Waals surface area contributed by atoms with Gasteiger partial charge in [-0.3, -0.25) is 25.2 Å². The van der Waals surface area contributed by atoms with E-state index in [1.54, 1.807) is 6.92 Å². The van der Waals surface area contributed by atoms with Crippen LogP contribution in [0.4, 0.5) is 36.5 Å². The van der Waals surface area contributed by atoms with E-state index in [1.807, 2.05) is 0 Å². The number of ketones is 1. The Bertz CT molecular complexity index is 1610. The average molecular weight is 543 g/mol. The third kappa shape index (κ3) is 4.84. The minimum Gasteiger partial charge on any atom is -0.494 e. The van der Waals surface area contributed by atoms with Crippen LogP contribution in [0.15, 0.2) is 35.1 Å². The number of carbonyl (C=O) groups excluding carboxylic acids is 2. The van der Waals surface area contributed by atoms with Crippen LogP contribution in [0.1, 0.15) is 21.7 Å². The van der Waals surface area contributed by atoms with Gasteiger partial charge >= 0.3 is 11.8 Å². The Labute approximate surface area is 217 Å². The summed E-state index contributed by atoms with van der Waals surface area (Å²) < 4.78 is 50.1. The van der Waals surface area contributed by atoms with Gasteiger partial charge in [0.1, 0.15) is 29.0 Å². The zero-order chi connectivity index (χ0) is 28.4. The van der Waals surface area contributed by atoms with Crippen LogP contribution in [0.2, 0.25) is 0 Å². The van der Waals surface area contributed by atoms with Crippen LogP contribution in [0.25, 0.3) is 11.0 Å². The predicted octanol–water partition coefficient (Wildman–Crippen LogP) is 4.89. The number of amides is 1. The van der Waals surface area contributed by atoms with Crippen LogP contribution in [-0.2, 0) is 4.74 Å². The number of rotatable bonds is 8. The highest BCUT2D eigenvalue weighted by Gasteiger charge is 2.32. The molecule has 4 rings (SSSR count). The zero-order valence-corrected chi connectivity index (χ0v) is 20.8. The number of aromatic nitrogens is 2. The summed E-state index contributed by atoms with van der Waals surface area (Å²) in [5.41, 5.74) is -1.23. The highest BCUT2D eigenvalue weighted by molar-refractivity contribution is 6.17. The normalized spacial score (nSPS) is 10.7. The molecule has 0 atom stereocenters. The van der Waals surface area contributed by atoms with Gasteiger partial charge < -0.3 is 23.9 Å². The van der Waals surface area contributed by atoms with Gasteiger partial charge in [0.25, 0.3) is 0 Å². The first-order valence-corrected chi connectivity index (χ1v) is 10.9. The summed E-state index contributed by atoms with van der Waals surface area (Å²) >= 11 is 0. The predicted molar refractivity (Wildman–Crippen MR) is 132 cm³/mol. The standard InChI is InChI=1S/C24H19F2N5O8/c1-10-7-27-8-12(31(34)35)20(10)29-16-5-11-15(9-28-16)39-23(21(11)30-24(33)38-4)22(32)17-18(25)13(36-2)6-14(37-3)19(17)26/h5-9H,1-4H3,(H,30,33)(H,27,28,29). The van der Waals surface area contributed by atoms with E-state index in [4.69, 9.17) is 13.9 Å². The number of nitrogens with zero attached hydrogens (tertiary/aromatic N) is 3. The smallest absolute Gasteiger partial charge is 0.411 e. The van der Waals surface area contributed by atoms with Crippen LogP contribution >= 0.6 is 0 Å². The first kappa shape index (κ1) is 26.7. The number of carbonyl (C=O) groups is 2. The number of hydrogen-bond donors (Lipinski definition) is 2. The molecule has 0 fully saturated rings. The molecular weight excluding hydrogens is 524 g/mol. The minimum absolute atomic E-state index is 0.0491. The molecule has 0 aliphatic heterocycles. The van der Waals surface area contributed by atoms with Gasteiger partial charge in [-0.2, -0.15) is 0 Å². The molecule has 0 saturated heterocycles. The molecule has 13 nitrogen and oxygen atoms in total. The van der Waals surface area contributed by atoms with Gasteiger partial charge in [-0.1, -0.05) is 0 Å². The van der Waals surface area contributed by atoms with Crippen molar-refractivity contribution < 1.29 is 41.9 Å². The quantitative estimate of drug-likeness (QED) is 0.176. The van der Waals surface area contributed by atoms with Gasteiger partial charge in [-0.25, -0.2) is 18.6 Å². The van der Waals surface area contributed by atoms with Gasteiger partial charge in [0.2, 0.25) is 5.78 Å². The molecule has 3 aromatic heterocycles. The fourth-order valence-electron chi connectivity index (χ4n) is 3.69. The van der Waals surface area contributed by atoms with Crippen LogP contribution in [0.3, 0.4) is 0 Å². The largest absolute Gasteiger partial charge is 0.494 e.